The quantitative estimate of drug-likeness (QED) is 0.794. The second kappa shape index (κ2) is 6.88. The van der Waals surface area contributed by atoms with E-state index in [0.29, 0.717) is 5.02 Å². The van der Waals surface area contributed by atoms with Crippen LogP contribution in [0.1, 0.15) is 51.0 Å². The van der Waals surface area contributed by atoms with Crippen molar-refractivity contribution in [1.29, 1.82) is 0 Å². The Hall–Kier alpha value is -1.55. The van der Waals surface area contributed by atoms with Gasteiger partial charge in [0.15, 0.2) is 6.10 Å². The Morgan fingerprint density at radius 3 is 2.19 bits per heavy atom. The number of nitrogens with one attached hydrogen (secondary N) is 1. The lowest BCUT2D eigenvalue weighted by Gasteiger charge is -2.57. The van der Waals surface area contributed by atoms with Crippen molar-refractivity contribution < 1.29 is 14.3 Å². The number of carbonyl (C=O) groups is 2. The molecule has 1 aromatic rings. The molecule has 0 saturated heterocycles. The van der Waals surface area contributed by atoms with Crippen LogP contribution in [0.3, 0.4) is 0 Å². The monoisotopic (exact) mass is 375 g/mol. The van der Waals surface area contributed by atoms with Gasteiger partial charge in [0.2, 0.25) is 0 Å². The molecule has 0 heterocycles. The van der Waals surface area contributed by atoms with Crippen LogP contribution in [0.2, 0.25) is 5.02 Å². The molecule has 5 heteroatoms. The van der Waals surface area contributed by atoms with Gasteiger partial charge in [-0.1, -0.05) is 23.7 Å². The number of esters is 1. The third kappa shape index (κ3) is 3.75. The summed E-state index contributed by atoms with van der Waals surface area (Å²) in [6.07, 6.45) is 6.67. The number of benzene rings is 1. The van der Waals surface area contributed by atoms with Gasteiger partial charge in [0.05, 0.1) is 6.42 Å². The maximum absolute atomic E-state index is 12.7. The van der Waals surface area contributed by atoms with Gasteiger partial charge in [0.1, 0.15) is 0 Å². The van der Waals surface area contributed by atoms with E-state index in [1.54, 1.807) is 31.2 Å². The van der Waals surface area contributed by atoms with Crippen molar-refractivity contribution in [2.24, 2.45) is 17.8 Å². The minimum atomic E-state index is -0.761. The fourth-order valence-electron chi connectivity index (χ4n) is 5.69. The summed E-state index contributed by atoms with van der Waals surface area (Å²) < 4.78 is 5.38. The Bertz CT molecular complexity index is 664. The van der Waals surface area contributed by atoms with Crippen LogP contribution >= 0.6 is 11.6 Å². The lowest BCUT2D eigenvalue weighted by atomic mass is 9.53. The highest BCUT2D eigenvalue weighted by Crippen LogP contribution is 2.55. The summed E-state index contributed by atoms with van der Waals surface area (Å²) in [6, 6.07) is 7.08. The molecule has 26 heavy (non-hydrogen) atoms. The van der Waals surface area contributed by atoms with Crippen molar-refractivity contribution in [2.45, 2.75) is 63.5 Å². The number of carbonyl (C=O) groups excluding carboxylic acids is 2. The maximum atomic E-state index is 12.7. The Kier molecular flexibility index (Phi) is 4.72. The minimum absolute atomic E-state index is 0.0529. The Morgan fingerprint density at radius 1 is 1.12 bits per heavy atom. The van der Waals surface area contributed by atoms with E-state index in [0.717, 1.165) is 42.6 Å². The first-order valence-electron chi connectivity index (χ1n) is 9.67. The Labute approximate surface area is 159 Å². The van der Waals surface area contributed by atoms with Gasteiger partial charge in [-0.05, 0) is 80.9 Å². The van der Waals surface area contributed by atoms with Crippen LogP contribution in [0.15, 0.2) is 24.3 Å². The highest BCUT2D eigenvalue weighted by Gasteiger charge is 2.51. The largest absolute Gasteiger partial charge is 0.452 e. The van der Waals surface area contributed by atoms with Crippen molar-refractivity contribution in [2.75, 3.05) is 0 Å². The molecule has 4 bridgehead atoms. The van der Waals surface area contributed by atoms with Crippen molar-refractivity contribution in [3.8, 4) is 0 Å². The number of ether oxygens (including phenoxy) is 1. The van der Waals surface area contributed by atoms with Gasteiger partial charge in [-0.3, -0.25) is 9.59 Å². The number of hydrogen-bond donors (Lipinski definition) is 1. The molecule has 0 radical (unpaired) electrons. The molecular weight excluding hydrogens is 350 g/mol. The van der Waals surface area contributed by atoms with Crippen LogP contribution in [-0.2, 0) is 20.7 Å². The smallest absolute Gasteiger partial charge is 0.311 e. The molecule has 0 aromatic heterocycles. The van der Waals surface area contributed by atoms with Gasteiger partial charge in [-0.15, -0.1) is 0 Å². The highest BCUT2D eigenvalue weighted by atomic mass is 35.5. The molecule has 4 fully saturated rings. The first-order valence-corrected chi connectivity index (χ1v) is 10.0. The van der Waals surface area contributed by atoms with Crippen LogP contribution in [0.4, 0.5) is 0 Å². The molecule has 4 saturated carbocycles. The summed E-state index contributed by atoms with van der Waals surface area (Å²) in [6.45, 7) is 1.66. The summed E-state index contributed by atoms with van der Waals surface area (Å²) in [5.74, 6) is 1.76. The third-order valence-corrected chi connectivity index (χ3v) is 6.62. The van der Waals surface area contributed by atoms with Gasteiger partial charge >= 0.3 is 5.97 Å². The van der Waals surface area contributed by atoms with Crippen molar-refractivity contribution in [1.82, 2.24) is 5.32 Å². The van der Waals surface area contributed by atoms with Gasteiger partial charge < -0.3 is 10.1 Å². The second-order valence-corrected chi connectivity index (χ2v) is 9.06. The molecule has 5 rings (SSSR count). The lowest BCUT2D eigenvalue weighted by molar-refractivity contribution is -0.156. The zero-order valence-electron chi connectivity index (χ0n) is 15.2. The van der Waals surface area contributed by atoms with Gasteiger partial charge in [-0.2, -0.15) is 0 Å². The number of amides is 1. The number of hydrogen-bond acceptors (Lipinski definition) is 3. The van der Waals surface area contributed by atoms with Crippen molar-refractivity contribution in [3.63, 3.8) is 0 Å². The normalized spacial score (nSPS) is 32.9. The van der Waals surface area contributed by atoms with E-state index in [4.69, 9.17) is 16.3 Å². The molecular formula is C21H26ClNO3. The third-order valence-electron chi connectivity index (χ3n) is 6.37. The van der Waals surface area contributed by atoms with E-state index in [1.807, 2.05) is 0 Å². The van der Waals surface area contributed by atoms with Crippen LogP contribution in [0, 0.1) is 17.8 Å². The summed E-state index contributed by atoms with van der Waals surface area (Å²) in [4.78, 5) is 24.8. The zero-order valence-corrected chi connectivity index (χ0v) is 15.9. The zero-order chi connectivity index (χ0) is 18.3. The van der Waals surface area contributed by atoms with Gasteiger partial charge in [-0.25, -0.2) is 0 Å². The molecule has 1 aromatic carbocycles. The summed E-state index contributed by atoms with van der Waals surface area (Å²) in [7, 11) is 0. The molecule has 0 spiro atoms. The predicted octanol–water partition coefficient (Wildman–Crippen LogP) is 3.90. The average molecular weight is 376 g/mol. The topological polar surface area (TPSA) is 55.4 Å². The molecule has 1 N–H and O–H groups in total. The molecule has 1 amide bonds. The standard InChI is InChI=1S/C21H26ClNO3/c1-13(26-19(24)9-14-2-4-18(22)5-3-14)20(25)23-21-10-15-6-16(11-21)8-17(7-15)12-21/h2-5,13,15-17H,6-12H2,1H3,(H,23,25)/t13-,15?,16?,17?,21?/m1/s1. The lowest BCUT2D eigenvalue weighted by Crippen LogP contribution is -2.61. The molecule has 4 aliphatic rings. The Morgan fingerprint density at radius 2 is 1.65 bits per heavy atom. The van der Waals surface area contributed by atoms with Crippen LogP contribution in [-0.4, -0.2) is 23.5 Å². The average Bonchev–Trinajstić information content (AvgIpc) is 2.55. The summed E-state index contributed by atoms with van der Waals surface area (Å²) in [5, 5.41) is 3.90. The van der Waals surface area contributed by atoms with Gasteiger partial charge in [0.25, 0.3) is 5.91 Å². The number of rotatable bonds is 5. The molecule has 4 aliphatic carbocycles. The number of halogens is 1. The van der Waals surface area contributed by atoms with E-state index in [9.17, 15) is 9.59 Å². The van der Waals surface area contributed by atoms with E-state index >= 15 is 0 Å². The minimum Gasteiger partial charge on any atom is -0.452 e. The van der Waals surface area contributed by atoms with Gasteiger partial charge in [0, 0.05) is 10.6 Å². The fraction of sp³-hybridized carbons (Fsp3) is 0.619. The van der Waals surface area contributed by atoms with E-state index < -0.39 is 6.10 Å². The van der Waals surface area contributed by atoms with Crippen molar-refractivity contribution in [3.05, 3.63) is 34.9 Å². The van der Waals surface area contributed by atoms with E-state index in [-0.39, 0.29) is 23.8 Å². The molecule has 0 aliphatic heterocycles. The van der Waals surface area contributed by atoms with E-state index in [2.05, 4.69) is 5.32 Å². The maximum Gasteiger partial charge on any atom is 0.311 e. The van der Waals surface area contributed by atoms with Crippen LogP contribution < -0.4 is 5.32 Å². The fourth-order valence-corrected chi connectivity index (χ4v) is 5.81. The van der Waals surface area contributed by atoms with Crippen molar-refractivity contribution >= 4 is 23.5 Å². The first-order chi connectivity index (χ1) is 12.4. The highest BCUT2D eigenvalue weighted by molar-refractivity contribution is 6.30. The molecule has 1 atom stereocenters. The summed E-state index contributed by atoms with van der Waals surface area (Å²) >= 11 is 5.85. The Balaban J connectivity index is 1.32. The molecule has 140 valence electrons. The molecule has 4 nitrogen and oxygen atoms in total. The molecule has 0 unspecified atom stereocenters. The van der Waals surface area contributed by atoms with Crippen LogP contribution in [0.5, 0.6) is 0 Å². The SMILES string of the molecule is C[C@@H](OC(=O)Cc1ccc(Cl)cc1)C(=O)NC12CC3CC(CC(C3)C1)C2. The first kappa shape index (κ1) is 17.8. The van der Waals surface area contributed by atoms with Crippen LogP contribution in [0.25, 0.3) is 0 Å². The predicted molar refractivity (Wildman–Crippen MR) is 99.8 cm³/mol. The van der Waals surface area contributed by atoms with E-state index in [1.165, 1.54) is 19.3 Å². The summed E-state index contributed by atoms with van der Waals surface area (Å²) in [5.41, 5.74) is 0.774. The second-order valence-electron chi connectivity index (χ2n) is 8.62.